The van der Waals surface area contributed by atoms with Crippen LogP contribution in [0.5, 0.6) is 0 Å². The van der Waals surface area contributed by atoms with Crippen LogP contribution >= 0.6 is 0 Å². The number of hydrogen-bond donors (Lipinski definition) is 1. The molecule has 0 spiro atoms. The fourth-order valence-corrected chi connectivity index (χ4v) is 4.98. The second kappa shape index (κ2) is 8.24. The Balaban J connectivity index is 1.95. The van der Waals surface area contributed by atoms with Gasteiger partial charge in [-0.15, -0.1) is 0 Å². The fraction of sp³-hybridized carbons (Fsp3) is 0.263. The van der Waals surface area contributed by atoms with E-state index in [4.69, 9.17) is 0 Å². The number of nitrogens with one attached hydrogen (secondary N) is 1. The van der Waals surface area contributed by atoms with Crippen molar-refractivity contribution >= 4 is 21.8 Å². The quantitative estimate of drug-likeness (QED) is 0.608. The first-order valence-corrected chi connectivity index (χ1v) is 10.3. The summed E-state index contributed by atoms with van der Waals surface area (Å²) in [4.78, 5) is 16.3. The smallest absolute Gasteiger partial charge is 0.286 e. The Kier molecular flexibility index (Phi) is 5.92. The number of aliphatic imine (C=N–C) groups is 1. The minimum absolute atomic E-state index is 0.0707. The summed E-state index contributed by atoms with van der Waals surface area (Å²) < 4.78 is 60.2. The average Bonchev–Trinajstić information content (AvgIpc) is 2.71. The molecule has 0 bridgehead atoms. The molecule has 6 nitrogen and oxygen atoms in total. The number of nitrogens with zero attached hydrogens (tertiary/aromatic N) is 3. The van der Waals surface area contributed by atoms with E-state index in [1.165, 1.54) is 37.4 Å². The third-order valence-corrected chi connectivity index (χ3v) is 6.44. The van der Waals surface area contributed by atoms with Crippen molar-refractivity contribution in [2.75, 3.05) is 20.1 Å². The fourth-order valence-electron chi connectivity index (χ4n) is 2.77. The number of carbonyl (C=O) groups is 1. The normalized spacial score (nSPS) is 21.4. The molecule has 2 aromatic rings. The zero-order chi connectivity index (χ0) is 21.1. The van der Waals surface area contributed by atoms with Crippen molar-refractivity contribution in [3.05, 3.63) is 71.5 Å². The first-order chi connectivity index (χ1) is 13.7. The Bertz CT molecular complexity index is 1050. The summed E-state index contributed by atoms with van der Waals surface area (Å²) in [6.07, 6.45) is 0. The van der Waals surface area contributed by atoms with Gasteiger partial charge in [-0.1, -0.05) is 36.4 Å². The highest BCUT2D eigenvalue weighted by Gasteiger charge is 2.42. The van der Waals surface area contributed by atoms with Gasteiger partial charge in [-0.2, -0.15) is 0 Å². The molecule has 0 aliphatic carbocycles. The van der Waals surface area contributed by atoms with Gasteiger partial charge in [-0.25, -0.2) is 26.0 Å². The molecule has 0 fully saturated rings. The van der Waals surface area contributed by atoms with Crippen LogP contribution in [0.2, 0.25) is 0 Å². The van der Waals surface area contributed by atoms with E-state index in [-0.39, 0.29) is 17.1 Å². The number of alkyl halides is 2. The van der Waals surface area contributed by atoms with E-state index in [9.17, 15) is 22.2 Å². The molecule has 0 saturated heterocycles. The van der Waals surface area contributed by atoms with Gasteiger partial charge in [-0.05, 0) is 18.2 Å². The number of hydrogen-bond acceptors (Lipinski definition) is 4. The molecule has 1 atom stereocenters. The van der Waals surface area contributed by atoms with Gasteiger partial charge in [0.25, 0.3) is 11.8 Å². The molecule has 1 unspecified atom stereocenters. The lowest BCUT2D eigenvalue weighted by atomic mass is 10.2. The third kappa shape index (κ3) is 4.76. The van der Waals surface area contributed by atoms with Gasteiger partial charge < -0.3 is 0 Å². The lowest BCUT2D eigenvalue weighted by Gasteiger charge is -2.35. The molecular weight excluding hydrogens is 405 g/mol. The minimum atomic E-state index is -3.52. The third-order valence-electron chi connectivity index (χ3n) is 4.23. The van der Waals surface area contributed by atoms with Crippen LogP contribution in [0.15, 0.2) is 64.0 Å². The molecule has 1 N–H and O–H groups in total. The van der Waals surface area contributed by atoms with Crippen LogP contribution in [0, 0.1) is 5.82 Å². The molecule has 0 aromatic heterocycles. The van der Waals surface area contributed by atoms with Crippen LogP contribution in [-0.4, -0.2) is 46.4 Å². The van der Waals surface area contributed by atoms with Crippen LogP contribution in [-0.2, 0) is 15.7 Å². The van der Waals surface area contributed by atoms with Crippen molar-refractivity contribution in [2.24, 2.45) is 9.36 Å². The van der Waals surface area contributed by atoms with Crippen LogP contribution in [0.1, 0.15) is 15.9 Å². The molecule has 1 aliphatic rings. The summed E-state index contributed by atoms with van der Waals surface area (Å²) in [5.74, 6) is -5.23. The second-order valence-corrected chi connectivity index (χ2v) is 8.59. The Hall–Kier alpha value is -2.88. The summed E-state index contributed by atoms with van der Waals surface area (Å²) in [5, 5.41) is 2.42. The zero-order valence-corrected chi connectivity index (χ0v) is 16.3. The number of guanidine groups is 1. The number of rotatable bonds is 3. The van der Waals surface area contributed by atoms with Crippen LogP contribution in [0.25, 0.3) is 0 Å². The van der Waals surface area contributed by atoms with E-state index in [0.29, 0.717) is 0 Å². The first-order valence-electron chi connectivity index (χ1n) is 8.67. The number of benzene rings is 2. The topological polar surface area (TPSA) is 74.1 Å². The molecule has 2 aromatic carbocycles. The lowest BCUT2D eigenvalue weighted by Crippen LogP contribution is -2.54. The van der Waals surface area contributed by atoms with Crippen LogP contribution in [0.4, 0.5) is 13.2 Å². The van der Waals surface area contributed by atoms with Crippen molar-refractivity contribution in [1.82, 2.24) is 9.62 Å². The van der Waals surface area contributed by atoms with E-state index in [0.717, 1.165) is 4.31 Å². The van der Waals surface area contributed by atoms with Crippen molar-refractivity contribution in [2.45, 2.75) is 11.7 Å². The van der Waals surface area contributed by atoms with Crippen molar-refractivity contribution in [3.8, 4) is 0 Å². The molecular formula is C19H19F3N4O2S. The predicted octanol–water partition coefficient (Wildman–Crippen LogP) is 3.08. The Morgan fingerprint density at radius 1 is 1.21 bits per heavy atom. The maximum atomic E-state index is 14.1. The monoisotopic (exact) mass is 424 g/mol. The molecule has 1 aliphatic heterocycles. The number of halogens is 3. The highest BCUT2D eigenvalue weighted by Crippen LogP contribution is 2.28. The van der Waals surface area contributed by atoms with Crippen LogP contribution in [0.3, 0.4) is 0 Å². The molecule has 10 heteroatoms. The van der Waals surface area contributed by atoms with Gasteiger partial charge in [0.2, 0.25) is 5.96 Å². The summed E-state index contributed by atoms with van der Waals surface area (Å²) in [6.45, 7) is -1.92. The molecule has 3 rings (SSSR count). The average molecular weight is 424 g/mol. The second-order valence-electron chi connectivity index (χ2n) is 6.39. The lowest BCUT2D eigenvalue weighted by molar-refractivity contribution is -0.000132. The highest BCUT2D eigenvalue weighted by molar-refractivity contribution is 7.91. The SMILES string of the molecule is C/N=C(/NC(=O)c1ccccc1)N1CC(F)(F)CN=S1(=O)Cc1ccccc1F. The largest absolute Gasteiger partial charge is 0.292 e. The number of carbonyl (C=O) groups excluding carboxylic acids is 1. The molecule has 154 valence electrons. The van der Waals surface area contributed by atoms with E-state index in [2.05, 4.69) is 14.7 Å². The van der Waals surface area contributed by atoms with E-state index in [1.54, 1.807) is 24.3 Å². The molecule has 1 heterocycles. The summed E-state index contributed by atoms with van der Waals surface area (Å²) >= 11 is 0. The Morgan fingerprint density at radius 3 is 2.52 bits per heavy atom. The Morgan fingerprint density at radius 2 is 1.86 bits per heavy atom. The summed E-state index contributed by atoms with van der Waals surface area (Å²) in [7, 11) is -2.25. The summed E-state index contributed by atoms with van der Waals surface area (Å²) in [6, 6.07) is 13.7. The van der Waals surface area contributed by atoms with E-state index < -0.39 is 46.4 Å². The maximum Gasteiger partial charge on any atom is 0.286 e. The van der Waals surface area contributed by atoms with E-state index >= 15 is 0 Å². The first kappa shape index (κ1) is 20.8. The maximum absolute atomic E-state index is 14.1. The summed E-state index contributed by atoms with van der Waals surface area (Å²) in [5.41, 5.74) is 0.344. The van der Waals surface area contributed by atoms with Gasteiger partial charge in [0.05, 0.1) is 5.75 Å². The minimum Gasteiger partial charge on any atom is -0.292 e. The van der Waals surface area contributed by atoms with Crippen LogP contribution < -0.4 is 5.32 Å². The van der Waals surface area contributed by atoms with Gasteiger partial charge in [0, 0.05) is 18.2 Å². The van der Waals surface area contributed by atoms with Gasteiger partial charge >= 0.3 is 0 Å². The number of amides is 1. The molecule has 29 heavy (non-hydrogen) atoms. The molecule has 1 amide bonds. The van der Waals surface area contributed by atoms with Crippen molar-refractivity contribution < 1.29 is 22.2 Å². The van der Waals surface area contributed by atoms with Gasteiger partial charge in [0.1, 0.15) is 28.8 Å². The Labute approximate surface area is 166 Å². The van der Waals surface area contributed by atoms with Crippen molar-refractivity contribution in [1.29, 1.82) is 0 Å². The molecule has 0 saturated carbocycles. The van der Waals surface area contributed by atoms with Crippen molar-refractivity contribution in [3.63, 3.8) is 0 Å². The molecule has 0 radical (unpaired) electrons. The zero-order valence-electron chi connectivity index (χ0n) is 15.5. The van der Waals surface area contributed by atoms with Gasteiger partial charge in [0.15, 0.2) is 0 Å². The van der Waals surface area contributed by atoms with Gasteiger partial charge in [-0.3, -0.25) is 15.1 Å². The standard InChI is InChI=1S/C19H19F3N4O2S/c1-23-18(25-17(27)14-7-3-2-4-8-14)26-13-19(21,22)12-24-29(26,28)11-15-9-5-6-10-16(15)20/h2-10H,11-13H2,1H3,(H,23,25,27). The van der Waals surface area contributed by atoms with E-state index in [1.807, 2.05) is 0 Å². The predicted molar refractivity (Wildman–Crippen MR) is 104 cm³/mol. The highest BCUT2D eigenvalue weighted by atomic mass is 32.2.